The van der Waals surface area contributed by atoms with E-state index in [4.69, 9.17) is 0 Å². The number of aromatic amines is 1. The predicted molar refractivity (Wildman–Crippen MR) is 154 cm³/mol. The molecule has 2 saturated heterocycles. The molecule has 4 heterocycles. The van der Waals surface area contributed by atoms with Crippen molar-refractivity contribution in [1.82, 2.24) is 14.9 Å². The molecule has 0 saturated carbocycles. The number of aldehydes is 1. The quantitative estimate of drug-likeness (QED) is 0.337. The van der Waals surface area contributed by atoms with Crippen LogP contribution in [-0.4, -0.2) is 86.7 Å². The molecular weight excluding hydrogens is 502 g/mol. The molecule has 38 heavy (non-hydrogen) atoms. The van der Waals surface area contributed by atoms with Crippen LogP contribution in [-0.2, 0) is 14.8 Å². The second-order valence-electron chi connectivity index (χ2n) is 10.4. The van der Waals surface area contributed by atoms with E-state index in [-0.39, 0.29) is 17.8 Å². The van der Waals surface area contributed by atoms with Gasteiger partial charge in [0.2, 0.25) is 10.0 Å². The fourth-order valence-electron chi connectivity index (χ4n) is 5.31. The number of piperazine rings is 1. The molecule has 1 aromatic carbocycles. The summed E-state index contributed by atoms with van der Waals surface area (Å²) in [5.74, 6) is 1.78. The second kappa shape index (κ2) is 11.2. The first kappa shape index (κ1) is 26.3. The molecule has 1 unspecified atom stereocenters. The number of nitrogens with zero attached hydrogens (tertiary/aromatic N) is 4. The zero-order valence-electron chi connectivity index (χ0n) is 22.1. The summed E-state index contributed by atoms with van der Waals surface area (Å²) in [6, 6.07) is 11.3. The molecule has 204 valence electrons. The summed E-state index contributed by atoms with van der Waals surface area (Å²) in [6.07, 6.45) is 5.04. The van der Waals surface area contributed by atoms with Gasteiger partial charge < -0.3 is 29.8 Å². The molecule has 3 aromatic rings. The maximum atomic E-state index is 12.7. The van der Waals surface area contributed by atoms with Gasteiger partial charge in [-0.05, 0) is 76.2 Å². The molecule has 2 aromatic heterocycles. The van der Waals surface area contributed by atoms with Gasteiger partial charge in [0.1, 0.15) is 18.1 Å². The van der Waals surface area contributed by atoms with Crippen LogP contribution in [0.25, 0.3) is 10.9 Å². The number of fused-ring (bicyclic) bond motifs is 1. The van der Waals surface area contributed by atoms with Gasteiger partial charge in [0.05, 0.1) is 11.4 Å². The van der Waals surface area contributed by atoms with Crippen molar-refractivity contribution >= 4 is 50.2 Å². The van der Waals surface area contributed by atoms with Crippen molar-refractivity contribution in [3.8, 4) is 0 Å². The van der Waals surface area contributed by atoms with Gasteiger partial charge in [0.15, 0.2) is 5.82 Å². The Kier molecular flexibility index (Phi) is 7.75. The van der Waals surface area contributed by atoms with Crippen LogP contribution in [0.3, 0.4) is 0 Å². The van der Waals surface area contributed by atoms with Crippen molar-refractivity contribution in [2.75, 3.05) is 64.9 Å². The Morgan fingerprint density at radius 3 is 2.71 bits per heavy atom. The highest BCUT2D eigenvalue weighted by molar-refractivity contribution is 7.92. The summed E-state index contributed by atoms with van der Waals surface area (Å²) in [7, 11) is -3.44. The van der Waals surface area contributed by atoms with E-state index in [0.29, 0.717) is 31.9 Å². The topological polar surface area (TPSA) is 114 Å². The first-order chi connectivity index (χ1) is 18.3. The van der Waals surface area contributed by atoms with Crippen LogP contribution >= 0.6 is 0 Å². The Bertz CT molecular complexity index is 1370. The molecule has 0 bridgehead atoms. The Balaban J connectivity index is 1.28. The largest absolute Gasteiger partial charge is 0.380 e. The lowest BCUT2D eigenvalue weighted by Crippen LogP contribution is -2.54. The first-order valence-electron chi connectivity index (χ1n) is 13.4. The Hall–Kier alpha value is -3.31. The highest BCUT2D eigenvalue weighted by atomic mass is 32.2. The zero-order valence-corrected chi connectivity index (χ0v) is 22.9. The molecule has 10 nitrogen and oxygen atoms in total. The van der Waals surface area contributed by atoms with Crippen molar-refractivity contribution in [2.24, 2.45) is 0 Å². The molecule has 0 aliphatic carbocycles. The van der Waals surface area contributed by atoms with Gasteiger partial charge in [-0.2, -0.15) is 0 Å². The summed E-state index contributed by atoms with van der Waals surface area (Å²) in [5, 5.41) is 4.33. The van der Waals surface area contributed by atoms with Gasteiger partial charge in [-0.15, -0.1) is 0 Å². The van der Waals surface area contributed by atoms with Crippen LogP contribution in [0.15, 0.2) is 42.6 Å². The number of pyridine rings is 1. The number of sulfonamides is 1. The Morgan fingerprint density at radius 2 is 1.95 bits per heavy atom. The first-order valence-corrected chi connectivity index (χ1v) is 15.0. The Labute approximate surface area is 224 Å². The van der Waals surface area contributed by atoms with Crippen LogP contribution < -0.4 is 19.8 Å². The van der Waals surface area contributed by atoms with Crippen LogP contribution in [0, 0.1) is 0 Å². The van der Waals surface area contributed by atoms with Crippen molar-refractivity contribution in [3.05, 3.63) is 42.6 Å². The molecule has 2 aliphatic rings. The molecule has 3 N–H and O–H groups in total. The third kappa shape index (κ3) is 6.05. The van der Waals surface area contributed by atoms with E-state index < -0.39 is 10.0 Å². The number of anilines is 4. The number of aromatic nitrogens is 2. The number of carbonyl (C=O) groups excluding carboxylic acids is 1. The average molecular weight is 540 g/mol. The maximum Gasteiger partial charge on any atom is 0.233 e. The number of nitrogens with one attached hydrogen (secondary N) is 3. The van der Waals surface area contributed by atoms with E-state index in [1.54, 1.807) is 12.3 Å². The minimum atomic E-state index is -3.44. The van der Waals surface area contributed by atoms with E-state index in [9.17, 15) is 13.2 Å². The third-order valence-corrected chi connectivity index (χ3v) is 8.44. The van der Waals surface area contributed by atoms with E-state index in [2.05, 4.69) is 48.6 Å². The van der Waals surface area contributed by atoms with Crippen molar-refractivity contribution in [2.45, 2.75) is 38.8 Å². The molecular formula is C27H37N7O3S. The molecule has 5 rings (SSSR count). The minimum absolute atomic E-state index is 0.0827. The summed E-state index contributed by atoms with van der Waals surface area (Å²) in [5.41, 5.74) is 2.39. The molecule has 0 spiro atoms. The van der Waals surface area contributed by atoms with Crippen molar-refractivity contribution in [1.29, 1.82) is 0 Å². The number of carbonyl (C=O) groups is 1. The minimum Gasteiger partial charge on any atom is -0.380 e. The molecule has 11 heteroatoms. The molecule has 2 fully saturated rings. The summed E-state index contributed by atoms with van der Waals surface area (Å²) in [4.78, 5) is 26.6. The monoisotopic (exact) mass is 539 g/mol. The Morgan fingerprint density at radius 1 is 1.13 bits per heavy atom. The second-order valence-corrected chi connectivity index (χ2v) is 12.3. The van der Waals surface area contributed by atoms with Gasteiger partial charge in [-0.3, -0.25) is 4.72 Å². The number of H-pyrrole nitrogens is 1. The smallest absolute Gasteiger partial charge is 0.233 e. The standard InChI is InChI=1S/C27H37N7O3S/c1-20(2)29-25-6-5-9-28-27(25)33-12-13-34(23(18-33)19-35)26-17-21-16-22(7-8-24(21)30-26)31-38(36,37)15-14-32-10-3-4-11-32/h5-9,16-17,19-20,23,29-31H,3-4,10-15,18H2,1-2H3. The van der Waals surface area contributed by atoms with Crippen molar-refractivity contribution in [3.63, 3.8) is 0 Å². The lowest BCUT2D eigenvalue weighted by atomic mass is 10.1. The van der Waals surface area contributed by atoms with E-state index >= 15 is 0 Å². The number of benzene rings is 1. The average Bonchev–Trinajstić information content (AvgIpc) is 3.57. The van der Waals surface area contributed by atoms with Gasteiger partial charge in [0, 0.05) is 55.0 Å². The SMILES string of the molecule is CC(C)Nc1cccnc1N1CCN(c2cc3cc(NS(=O)(=O)CCN4CCCC4)ccc3[nH]2)C(C=O)C1. The fraction of sp³-hybridized carbons (Fsp3) is 0.481. The molecule has 0 amide bonds. The maximum absolute atomic E-state index is 12.7. The van der Waals surface area contributed by atoms with Gasteiger partial charge in [-0.1, -0.05) is 0 Å². The van der Waals surface area contributed by atoms with E-state index in [1.165, 1.54) is 0 Å². The number of hydrogen-bond acceptors (Lipinski definition) is 8. The molecule has 2 aliphatic heterocycles. The number of hydrogen-bond donors (Lipinski definition) is 3. The fourth-order valence-corrected chi connectivity index (χ4v) is 6.40. The van der Waals surface area contributed by atoms with E-state index in [1.807, 2.05) is 30.3 Å². The lowest BCUT2D eigenvalue weighted by molar-refractivity contribution is -0.109. The number of likely N-dealkylation sites (tertiary alicyclic amines) is 1. The highest BCUT2D eigenvalue weighted by Crippen LogP contribution is 2.30. The molecule has 0 radical (unpaired) electrons. The van der Waals surface area contributed by atoms with Crippen LogP contribution in [0.5, 0.6) is 0 Å². The van der Waals surface area contributed by atoms with Gasteiger partial charge >= 0.3 is 0 Å². The predicted octanol–water partition coefficient (Wildman–Crippen LogP) is 3.11. The van der Waals surface area contributed by atoms with Crippen LogP contribution in [0.4, 0.5) is 23.0 Å². The van der Waals surface area contributed by atoms with Gasteiger partial charge in [-0.25, -0.2) is 13.4 Å². The normalized spacial score (nSPS) is 18.9. The zero-order chi connectivity index (χ0) is 26.7. The van der Waals surface area contributed by atoms with Crippen LogP contribution in [0.1, 0.15) is 26.7 Å². The summed E-state index contributed by atoms with van der Waals surface area (Å²) >= 11 is 0. The highest BCUT2D eigenvalue weighted by Gasteiger charge is 2.30. The van der Waals surface area contributed by atoms with Crippen molar-refractivity contribution < 1.29 is 13.2 Å². The third-order valence-electron chi connectivity index (χ3n) is 7.17. The molecule has 1 atom stereocenters. The van der Waals surface area contributed by atoms with Gasteiger partial charge in [0.25, 0.3) is 0 Å². The van der Waals surface area contributed by atoms with Crippen LogP contribution in [0.2, 0.25) is 0 Å². The number of rotatable bonds is 10. The summed E-state index contributed by atoms with van der Waals surface area (Å²) in [6.45, 7) is 8.55. The summed E-state index contributed by atoms with van der Waals surface area (Å²) < 4.78 is 28.0. The lowest BCUT2D eigenvalue weighted by Gasteiger charge is -2.40. The van der Waals surface area contributed by atoms with E-state index in [0.717, 1.165) is 60.4 Å².